The molecular formula is C55H40N2. The molecule has 2 nitrogen and oxygen atoms in total. The zero-order valence-electron chi connectivity index (χ0n) is 31.6. The number of benzene rings is 8. The number of allylic oxidation sites excluding steroid dienone is 4. The van der Waals surface area contributed by atoms with Crippen LogP contribution in [0.5, 0.6) is 0 Å². The molecule has 1 aromatic heterocycles. The standard InChI is InChI=1S/C55H40N2/c1-5-17-41(18-6-1)55(42-19-7-2-8-20-42)51-27-15-13-25-47(51)48-35-34-46(38-52(48)55)56(43-21-9-3-10-22-43)45-32-29-39(30-33-45)40-31-36-54-50(37-40)49-26-14-16-28-53(49)57(54)44-23-11-4-12-24-44/h1-7,9-19,21-38H,8,20H2. The fourth-order valence-corrected chi connectivity index (χ4v) is 9.69. The summed E-state index contributed by atoms with van der Waals surface area (Å²) >= 11 is 0. The topological polar surface area (TPSA) is 8.17 Å². The van der Waals surface area contributed by atoms with Gasteiger partial charge in [-0.15, -0.1) is 0 Å². The van der Waals surface area contributed by atoms with Crippen LogP contribution < -0.4 is 4.90 Å². The van der Waals surface area contributed by atoms with Gasteiger partial charge in [-0.05, 0) is 119 Å². The molecule has 9 aromatic rings. The van der Waals surface area contributed by atoms with E-state index in [-0.39, 0.29) is 5.41 Å². The van der Waals surface area contributed by atoms with Crippen molar-refractivity contribution in [3.8, 4) is 27.9 Å². The molecule has 270 valence electrons. The Bertz CT molecular complexity index is 2990. The number of hydrogen-bond acceptors (Lipinski definition) is 1. The molecule has 0 saturated carbocycles. The smallest absolute Gasteiger partial charge is 0.0677 e. The normalized spacial score (nSPS) is 15.7. The van der Waals surface area contributed by atoms with Gasteiger partial charge in [-0.3, -0.25) is 0 Å². The first-order valence-electron chi connectivity index (χ1n) is 20.0. The van der Waals surface area contributed by atoms with Crippen molar-refractivity contribution in [2.75, 3.05) is 4.90 Å². The van der Waals surface area contributed by atoms with Crippen LogP contribution in [0.3, 0.4) is 0 Å². The Kier molecular flexibility index (Phi) is 7.89. The third kappa shape index (κ3) is 5.25. The number of rotatable bonds is 7. The highest BCUT2D eigenvalue weighted by Crippen LogP contribution is 2.58. The van der Waals surface area contributed by atoms with Crippen LogP contribution in [-0.4, -0.2) is 4.57 Å². The SMILES string of the molecule is C1=CCCC(C2(c3ccccc3)c3ccccc3-c3ccc(N(c4ccccc4)c4ccc(-c5ccc6c(c5)c5ccccc5n6-c5ccccc5)cc4)cc32)=C1. The second-order valence-corrected chi connectivity index (χ2v) is 15.2. The molecule has 0 bridgehead atoms. The Balaban J connectivity index is 1.05. The largest absolute Gasteiger partial charge is 0.310 e. The van der Waals surface area contributed by atoms with Gasteiger partial charge in [-0.2, -0.15) is 0 Å². The lowest BCUT2D eigenvalue weighted by molar-refractivity contribution is 0.693. The zero-order valence-corrected chi connectivity index (χ0v) is 31.6. The number of para-hydroxylation sites is 3. The molecule has 2 aliphatic carbocycles. The van der Waals surface area contributed by atoms with E-state index in [4.69, 9.17) is 0 Å². The van der Waals surface area contributed by atoms with Crippen molar-refractivity contribution in [1.82, 2.24) is 4.57 Å². The van der Waals surface area contributed by atoms with Crippen LogP contribution in [0.25, 0.3) is 49.7 Å². The highest BCUT2D eigenvalue weighted by Gasteiger charge is 2.47. The summed E-state index contributed by atoms with van der Waals surface area (Å²) in [7, 11) is 0. The molecule has 11 rings (SSSR count). The van der Waals surface area contributed by atoms with Gasteiger partial charge >= 0.3 is 0 Å². The molecule has 0 amide bonds. The Morgan fingerprint density at radius 3 is 1.88 bits per heavy atom. The molecule has 0 N–H and O–H groups in total. The van der Waals surface area contributed by atoms with Crippen LogP contribution in [0.4, 0.5) is 17.1 Å². The average Bonchev–Trinajstić information content (AvgIpc) is 3.78. The minimum Gasteiger partial charge on any atom is -0.310 e. The number of aromatic nitrogens is 1. The van der Waals surface area contributed by atoms with Gasteiger partial charge in [0.25, 0.3) is 0 Å². The average molecular weight is 729 g/mol. The molecule has 1 atom stereocenters. The van der Waals surface area contributed by atoms with Crippen molar-refractivity contribution in [3.05, 3.63) is 241 Å². The summed E-state index contributed by atoms with van der Waals surface area (Å²) in [4.78, 5) is 2.41. The van der Waals surface area contributed by atoms with Gasteiger partial charge in [-0.1, -0.05) is 157 Å². The van der Waals surface area contributed by atoms with Gasteiger partial charge in [0.2, 0.25) is 0 Å². The van der Waals surface area contributed by atoms with E-state index >= 15 is 0 Å². The van der Waals surface area contributed by atoms with Crippen LogP contribution in [0.15, 0.2) is 224 Å². The maximum Gasteiger partial charge on any atom is 0.0677 e. The first-order valence-corrected chi connectivity index (χ1v) is 20.0. The minimum atomic E-state index is -0.386. The summed E-state index contributed by atoms with van der Waals surface area (Å²) in [5.41, 5.74) is 17.1. The summed E-state index contributed by atoms with van der Waals surface area (Å²) in [5.74, 6) is 0. The van der Waals surface area contributed by atoms with E-state index in [2.05, 4.69) is 228 Å². The quantitative estimate of drug-likeness (QED) is 0.159. The number of nitrogens with zero attached hydrogens (tertiary/aromatic N) is 2. The predicted octanol–water partition coefficient (Wildman–Crippen LogP) is 14.5. The minimum absolute atomic E-state index is 0.386. The van der Waals surface area contributed by atoms with E-state index in [1.807, 2.05) is 0 Å². The van der Waals surface area contributed by atoms with Gasteiger partial charge in [0.1, 0.15) is 0 Å². The third-order valence-corrected chi connectivity index (χ3v) is 12.1. The summed E-state index contributed by atoms with van der Waals surface area (Å²) in [6.07, 6.45) is 8.99. The zero-order chi connectivity index (χ0) is 37.8. The molecule has 0 aliphatic heterocycles. The molecule has 1 unspecified atom stereocenters. The molecule has 0 saturated heterocycles. The summed E-state index contributed by atoms with van der Waals surface area (Å²) < 4.78 is 2.37. The van der Waals surface area contributed by atoms with Crippen molar-refractivity contribution < 1.29 is 0 Å². The lowest BCUT2D eigenvalue weighted by Gasteiger charge is -2.37. The molecule has 0 radical (unpaired) electrons. The second kappa shape index (κ2) is 13.5. The van der Waals surface area contributed by atoms with E-state index in [0.717, 1.165) is 29.9 Å². The van der Waals surface area contributed by atoms with E-state index in [9.17, 15) is 0 Å². The van der Waals surface area contributed by atoms with Crippen molar-refractivity contribution in [2.24, 2.45) is 0 Å². The summed E-state index contributed by atoms with van der Waals surface area (Å²) in [5, 5.41) is 2.52. The molecule has 2 aliphatic rings. The Morgan fingerprint density at radius 1 is 0.456 bits per heavy atom. The molecule has 8 aromatic carbocycles. The van der Waals surface area contributed by atoms with Crippen LogP contribution in [0, 0.1) is 0 Å². The van der Waals surface area contributed by atoms with Gasteiger partial charge < -0.3 is 9.47 Å². The van der Waals surface area contributed by atoms with E-state index in [1.54, 1.807) is 0 Å². The number of fused-ring (bicyclic) bond motifs is 6. The third-order valence-electron chi connectivity index (χ3n) is 12.1. The fraction of sp³-hybridized carbons (Fsp3) is 0.0545. The lowest BCUT2D eigenvalue weighted by atomic mass is 9.65. The maximum absolute atomic E-state index is 2.47. The Morgan fingerprint density at radius 2 is 1.09 bits per heavy atom. The highest BCUT2D eigenvalue weighted by molar-refractivity contribution is 6.10. The van der Waals surface area contributed by atoms with Crippen LogP contribution in [0.2, 0.25) is 0 Å². The van der Waals surface area contributed by atoms with Gasteiger partial charge in [0, 0.05) is 33.5 Å². The van der Waals surface area contributed by atoms with Gasteiger partial charge in [0.15, 0.2) is 0 Å². The first kappa shape index (κ1) is 33.2. The van der Waals surface area contributed by atoms with E-state index in [1.165, 1.54) is 72.0 Å². The van der Waals surface area contributed by atoms with Crippen molar-refractivity contribution in [2.45, 2.75) is 18.3 Å². The monoisotopic (exact) mass is 728 g/mol. The fourth-order valence-electron chi connectivity index (χ4n) is 9.69. The Hall–Kier alpha value is -7.16. The van der Waals surface area contributed by atoms with Gasteiger partial charge in [0.05, 0.1) is 16.4 Å². The van der Waals surface area contributed by atoms with Crippen molar-refractivity contribution in [1.29, 1.82) is 0 Å². The molecule has 1 heterocycles. The van der Waals surface area contributed by atoms with E-state index in [0.29, 0.717) is 0 Å². The molecule has 57 heavy (non-hydrogen) atoms. The first-order chi connectivity index (χ1) is 28.3. The summed E-state index contributed by atoms with van der Waals surface area (Å²) in [6, 6.07) is 73.5. The van der Waals surface area contributed by atoms with Crippen LogP contribution in [-0.2, 0) is 5.41 Å². The Labute approximate surface area is 333 Å². The van der Waals surface area contributed by atoms with Crippen molar-refractivity contribution in [3.63, 3.8) is 0 Å². The molecule has 0 fully saturated rings. The number of hydrogen-bond donors (Lipinski definition) is 0. The number of anilines is 3. The highest BCUT2D eigenvalue weighted by atomic mass is 15.1. The second-order valence-electron chi connectivity index (χ2n) is 15.2. The van der Waals surface area contributed by atoms with E-state index < -0.39 is 0 Å². The molecule has 0 spiro atoms. The van der Waals surface area contributed by atoms with Crippen LogP contribution in [0.1, 0.15) is 29.5 Å². The molecule has 2 heteroatoms. The maximum atomic E-state index is 2.47. The predicted molar refractivity (Wildman–Crippen MR) is 239 cm³/mol. The molecular weight excluding hydrogens is 689 g/mol. The van der Waals surface area contributed by atoms with Gasteiger partial charge in [-0.25, -0.2) is 0 Å². The lowest BCUT2D eigenvalue weighted by Crippen LogP contribution is -2.30. The summed E-state index contributed by atoms with van der Waals surface area (Å²) in [6.45, 7) is 0. The van der Waals surface area contributed by atoms with Crippen LogP contribution >= 0.6 is 0 Å². The van der Waals surface area contributed by atoms with Crippen molar-refractivity contribution >= 4 is 38.9 Å².